The number of furan rings is 1. The van der Waals surface area contributed by atoms with Crippen LogP contribution in [0.4, 0.5) is 5.69 Å². The Morgan fingerprint density at radius 1 is 0.906 bits per heavy atom. The highest BCUT2D eigenvalue weighted by molar-refractivity contribution is 7.89. The molecule has 166 valence electrons. The first-order valence-corrected chi connectivity index (χ1v) is 11.7. The van der Waals surface area contributed by atoms with Gasteiger partial charge < -0.3 is 15.1 Å². The Bertz CT molecular complexity index is 1200. The Balaban J connectivity index is 1.45. The molecule has 0 bridgehead atoms. The van der Waals surface area contributed by atoms with Crippen molar-refractivity contribution in [1.29, 1.82) is 0 Å². The van der Waals surface area contributed by atoms with Crippen molar-refractivity contribution in [3.05, 3.63) is 83.8 Å². The van der Waals surface area contributed by atoms with Gasteiger partial charge >= 0.3 is 0 Å². The molecule has 32 heavy (non-hydrogen) atoms. The number of nitrogens with zero attached hydrogens (tertiary/aromatic N) is 1. The van der Waals surface area contributed by atoms with Gasteiger partial charge in [-0.05, 0) is 61.4 Å². The van der Waals surface area contributed by atoms with E-state index in [0.29, 0.717) is 30.1 Å². The van der Waals surface area contributed by atoms with E-state index in [2.05, 4.69) is 10.6 Å². The molecular weight excluding hydrogens is 430 g/mol. The van der Waals surface area contributed by atoms with Crippen molar-refractivity contribution in [2.75, 3.05) is 18.4 Å². The van der Waals surface area contributed by atoms with E-state index in [1.165, 1.54) is 34.8 Å². The Kier molecular flexibility index (Phi) is 6.38. The fourth-order valence-electron chi connectivity index (χ4n) is 3.52. The highest BCUT2D eigenvalue weighted by atomic mass is 32.2. The molecule has 1 aliphatic heterocycles. The molecule has 1 saturated heterocycles. The highest BCUT2D eigenvalue weighted by Gasteiger charge is 2.27. The number of sulfonamides is 1. The smallest absolute Gasteiger partial charge is 0.255 e. The average molecular weight is 454 g/mol. The fourth-order valence-corrected chi connectivity index (χ4v) is 5.03. The quantitative estimate of drug-likeness (QED) is 0.571. The molecule has 2 heterocycles. The van der Waals surface area contributed by atoms with Gasteiger partial charge in [0.25, 0.3) is 11.8 Å². The van der Waals surface area contributed by atoms with Gasteiger partial charge in [-0.25, -0.2) is 8.42 Å². The molecule has 0 saturated carbocycles. The first-order chi connectivity index (χ1) is 15.4. The summed E-state index contributed by atoms with van der Waals surface area (Å²) in [5.41, 5.74) is 0.944. The van der Waals surface area contributed by atoms with Crippen molar-refractivity contribution >= 4 is 27.5 Å². The van der Waals surface area contributed by atoms with E-state index >= 15 is 0 Å². The zero-order valence-electron chi connectivity index (χ0n) is 17.3. The molecule has 1 aromatic heterocycles. The van der Waals surface area contributed by atoms with Gasteiger partial charge in [-0.1, -0.05) is 12.1 Å². The van der Waals surface area contributed by atoms with Crippen LogP contribution in [0.3, 0.4) is 0 Å². The van der Waals surface area contributed by atoms with Crippen LogP contribution >= 0.6 is 0 Å². The standard InChI is InChI=1S/C23H23N3O5S/c27-22(17-9-11-19(12-10-17)32(29,30)26-13-3-4-14-26)25-21-8-2-1-7-20(21)23(28)24-16-18-6-5-15-31-18/h1-2,5-12,15H,3-4,13-14,16H2,(H,24,28)(H,25,27). The number of anilines is 1. The number of hydrogen-bond donors (Lipinski definition) is 2. The largest absolute Gasteiger partial charge is 0.467 e. The minimum atomic E-state index is -3.54. The fraction of sp³-hybridized carbons (Fsp3) is 0.217. The lowest BCUT2D eigenvalue weighted by Crippen LogP contribution is -2.28. The number of amides is 2. The van der Waals surface area contributed by atoms with Crippen LogP contribution in [0.1, 0.15) is 39.3 Å². The van der Waals surface area contributed by atoms with Crippen molar-refractivity contribution in [2.45, 2.75) is 24.3 Å². The Morgan fingerprint density at radius 2 is 1.62 bits per heavy atom. The molecule has 8 nitrogen and oxygen atoms in total. The van der Waals surface area contributed by atoms with Crippen LogP contribution in [-0.2, 0) is 16.6 Å². The molecule has 1 fully saturated rings. The number of hydrogen-bond acceptors (Lipinski definition) is 5. The van der Waals surface area contributed by atoms with Gasteiger partial charge in [0.05, 0.1) is 29.0 Å². The minimum absolute atomic E-state index is 0.161. The van der Waals surface area contributed by atoms with E-state index in [1.807, 2.05) is 0 Å². The summed E-state index contributed by atoms with van der Waals surface area (Å²) >= 11 is 0. The van der Waals surface area contributed by atoms with Gasteiger partial charge in [-0.15, -0.1) is 0 Å². The molecule has 9 heteroatoms. The summed E-state index contributed by atoms with van der Waals surface area (Å²) in [5, 5.41) is 5.48. The second kappa shape index (κ2) is 9.37. The topological polar surface area (TPSA) is 109 Å². The van der Waals surface area contributed by atoms with Crippen molar-refractivity contribution in [1.82, 2.24) is 9.62 Å². The maximum absolute atomic E-state index is 12.7. The first kappa shape index (κ1) is 21.8. The monoisotopic (exact) mass is 453 g/mol. The predicted octanol–water partition coefficient (Wildman–Crippen LogP) is 3.25. The van der Waals surface area contributed by atoms with E-state index in [9.17, 15) is 18.0 Å². The summed E-state index contributed by atoms with van der Waals surface area (Å²) in [7, 11) is -3.54. The summed E-state index contributed by atoms with van der Waals surface area (Å²) in [6.07, 6.45) is 3.24. The normalized spacial score (nSPS) is 14.2. The van der Waals surface area contributed by atoms with Crippen LogP contribution in [0.2, 0.25) is 0 Å². The van der Waals surface area contributed by atoms with Gasteiger partial charge in [0.2, 0.25) is 10.0 Å². The van der Waals surface area contributed by atoms with Crippen LogP contribution in [-0.4, -0.2) is 37.6 Å². The summed E-state index contributed by atoms with van der Waals surface area (Å²) in [5.74, 6) is -0.186. The van der Waals surface area contributed by atoms with Gasteiger partial charge in [0.15, 0.2) is 0 Å². The molecule has 0 aliphatic carbocycles. The summed E-state index contributed by atoms with van der Waals surface area (Å²) in [4.78, 5) is 25.5. The van der Waals surface area contributed by atoms with Crippen molar-refractivity contribution in [3.8, 4) is 0 Å². The Labute approximate surface area is 186 Å². The van der Waals surface area contributed by atoms with Gasteiger partial charge in [0.1, 0.15) is 5.76 Å². The predicted molar refractivity (Wildman–Crippen MR) is 119 cm³/mol. The maximum Gasteiger partial charge on any atom is 0.255 e. The summed E-state index contributed by atoms with van der Waals surface area (Å²) in [6.45, 7) is 1.26. The number of nitrogens with one attached hydrogen (secondary N) is 2. The number of carbonyl (C=O) groups excluding carboxylic acids is 2. The molecule has 2 N–H and O–H groups in total. The number of benzene rings is 2. The molecule has 0 spiro atoms. The maximum atomic E-state index is 12.7. The molecule has 1 aliphatic rings. The zero-order valence-corrected chi connectivity index (χ0v) is 18.1. The Hall–Kier alpha value is -3.43. The minimum Gasteiger partial charge on any atom is -0.467 e. The van der Waals surface area contributed by atoms with Crippen molar-refractivity contribution in [2.24, 2.45) is 0 Å². The SMILES string of the molecule is O=C(Nc1ccccc1C(=O)NCc1ccco1)c1ccc(S(=O)(=O)N2CCCC2)cc1. The third-order valence-electron chi connectivity index (χ3n) is 5.24. The Morgan fingerprint density at radius 3 is 2.31 bits per heavy atom. The third-order valence-corrected chi connectivity index (χ3v) is 7.16. The molecular formula is C23H23N3O5S. The van der Waals surface area contributed by atoms with E-state index in [1.54, 1.807) is 36.4 Å². The second-order valence-electron chi connectivity index (χ2n) is 7.40. The molecule has 0 unspecified atom stereocenters. The highest BCUT2D eigenvalue weighted by Crippen LogP contribution is 2.22. The van der Waals surface area contributed by atoms with Gasteiger partial charge in [0, 0.05) is 18.7 Å². The number of para-hydroxylation sites is 1. The molecule has 0 radical (unpaired) electrons. The van der Waals surface area contributed by atoms with E-state index in [-0.39, 0.29) is 22.9 Å². The first-order valence-electron chi connectivity index (χ1n) is 10.3. The lowest BCUT2D eigenvalue weighted by Gasteiger charge is -2.15. The van der Waals surface area contributed by atoms with Crippen molar-refractivity contribution in [3.63, 3.8) is 0 Å². The third kappa shape index (κ3) is 4.74. The molecule has 4 rings (SSSR count). The van der Waals surface area contributed by atoms with Crippen molar-refractivity contribution < 1.29 is 22.4 Å². The molecule has 0 atom stereocenters. The number of rotatable bonds is 7. The van der Waals surface area contributed by atoms with Crippen LogP contribution in [0, 0.1) is 0 Å². The van der Waals surface area contributed by atoms with Crippen LogP contribution in [0.5, 0.6) is 0 Å². The van der Waals surface area contributed by atoms with E-state index in [4.69, 9.17) is 4.42 Å². The van der Waals surface area contributed by atoms with E-state index < -0.39 is 15.9 Å². The van der Waals surface area contributed by atoms with Crippen LogP contribution < -0.4 is 10.6 Å². The zero-order chi connectivity index (χ0) is 22.6. The van der Waals surface area contributed by atoms with Crippen LogP contribution in [0.25, 0.3) is 0 Å². The lowest BCUT2D eigenvalue weighted by atomic mass is 10.1. The van der Waals surface area contributed by atoms with Crippen LogP contribution in [0.15, 0.2) is 76.2 Å². The average Bonchev–Trinajstić information content (AvgIpc) is 3.52. The molecule has 3 aromatic rings. The van der Waals surface area contributed by atoms with E-state index in [0.717, 1.165) is 12.8 Å². The molecule has 2 amide bonds. The summed E-state index contributed by atoms with van der Waals surface area (Å²) in [6, 6.07) is 16.0. The second-order valence-corrected chi connectivity index (χ2v) is 9.34. The molecule has 2 aromatic carbocycles. The van der Waals surface area contributed by atoms with Gasteiger partial charge in [-0.3, -0.25) is 9.59 Å². The van der Waals surface area contributed by atoms with Gasteiger partial charge in [-0.2, -0.15) is 4.31 Å². The lowest BCUT2D eigenvalue weighted by molar-refractivity contribution is 0.0949. The number of carbonyl (C=O) groups is 2. The summed E-state index contributed by atoms with van der Waals surface area (Å²) < 4.78 is 32.0.